The molecule has 0 aliphatic heterocycles. The van der Waals surface area contributed by atoms with E-state index in [-0.39, 0.29) is 34.2 Å². The fourth-order valence-corrected chi connectivity index (χ4v) is 1.83. The van der Waals surface area contributed by atoms with Crippen molar-refractivity contribution in [1.29, 1.82) is 0 Å². The van der Waals surface area contributed by atoms with E-state index >= 15 is 0 Å². The third-order valence-electron chi connectivity index (χ3n) is 3.09. The van der Waals surface area contributed by atoms with Crippen LogP contribution in [0.5, 0.6) is 0 Å². The number of hydrogen-bond donors (Lipinski definition) is 2. The van der Waals surface area contributed by atoms with Gasteiger partial charge in [0.2, 0.25) is 0 Å². The second-order valence-corrected chi connectivity index (χ2v) is 5.12. The summed E-state index contributed by atoms with van der Waals surface area (Å²) in [5.74, 6) is -0.857. The van der Waals surface area contributed by atoms with Gasteiger partial charge in [-0.1, -0.05) is 12.1 Å². The maximum Gasteiger partial charge on any atom is 0.164 e. The van der Waals surface area contributed by atoms with Crippen molar-refractivity contribution in [3.8, 4) is 0 Å². The Labute approximate surface area is 140 Å². The Bertz CT molecular complexity index is 698. The molecule has 1 rings (SSSR count). The van der Waals surface area contributed by atoms with E-state index in [1.54, 1.807) is 24.3 Å². The summed E-state index contributed by atoms with van der Waals surface area (Å²) in [7, 11) is 0. The molecule has 0 heterocycles. The molecule has 0 unspecified atom stereocenters. The van der Waals surface area contributed by atoms with E-state index in [4.69, 9.17) is 0 Å². The first-order chi connectivity index (χ1) is 11.2. The molecule has 2 N–H and O–H groups in total. The number of aliphatic hydroxyl groups excluding tert-OH is 2. The van der Waals surface area contributed by atoms with E-state index < -0.39 is 0 Å². The predicted molar refractivity (Wildman–Crippen MR) is 94.8 cm³/mol. The highest BCUT2D eigenvalue weighted by atomic mass is 16.3. The number of carbonyl (C=O) groups is 2. The number of aliphatic hydroxyl groups is 2. The number of hydrogen-bond acceptors (Lipinski definition) is 6. The number of aliphatic imine (C=N–C) groups is 2. The highest BCUT2D eigenvalue weighted by molar-refractivity contribution is 6.14. The second kappa shape index (κ2) is 8.57. The average molecular weight is 328 g/mol. The lowest BCUT2D eigenvalue weighted by atomic mass is 10.1. The van der Waals surface area contributed by atoms with Crippen LogP contribution in [-0.4, -0.2) is 34.2 Å². The van der Waals surface area contributed by atoms with Gasteiger partial charge in [-0.25, -0.2) is 0 Å². The minimum absolute atomic E-state index is 0.101. The number of ketones is 2. The molecular formula is C18H20N2O4. The van der Waals surface area contributed by atoms with Crippen LogP contribution in [0.3, 0.4) is 0 Å². The number of nitrogens with zero attached hydrogens (tertiary/aromatic N) is 2. The quantitative estimate of drug-likeness (QED) is 0.469. The maximum absolute atomic E-state index is 11.4. The normalized spacial score (nSPS) is 13.8. The Morgan fingerprint density at radius 1 is 0.792 bits per heavy atom. The second-order valence-electron chi connectivity index (χ2n) is 5.12. The molecule has 0 fully saturated rings. The van der Waals surface area contributed by atoms with Gasteiger partial charge >= 0.3 is 0 Å². The van der Waals surface area contributed by atoms with Crippen LogP contribution in [0.15, 0.2) is 56.9 Å². The van der Waals surface area contributed by atoms with Crippen molar-refractivity contribution in [3.63, 3.8) is 0 Å². The van der Waals surface area contributed by atoms with Crippen LogP contribution in [0.25, 0.3) is 0 Å². The molecule has 24 heavy (non-hydrogen) atoms. The Balaban J connectivity index is 3.23. The molecule has 0 saturated carbocycles. The van der Waals surface area contributed by atoms with Crippen molar-refractivity contribution in [2.45, 2.75) is 27.7 Å². The first-order valence-electron chi connectivity index (χ1n) is 7.22. The lowest BCUT2D eigenvalue weighted by molar-refractivity contribution is -0.114. The number of carbonyl (C=O) groups excluding carboxylic acids is 2. The van der Waals surface area contributed by atoms with Crippen molar-refractivity contribution in [2.24, 2.45) is 9.98 Å². The van der Waals surface area contributed by atoms with Crippen LogP contribution >= 0.6 is 0 Å². The third kappa shape index (κ3) is 5.31. The van der Waals surface area contributed by atoms with Crippen LogP contribution in [0.1, 0.15) is 27.7 Å². The summed E-state index contributed by atoms with van der Waals surface area (Å²) >= 11 is 0. The molecule has 0 spiro atoms. The van der Waals surface area contributed by atoms with Crippen LogP contribution in [0.4, 0.5) is 11.4 Å². The highest BCUT2D eigenvalue weighted by Crippen LogP contribution is 2.27. The minimum atomic E-state index is -0.308. The molecule has 6 nitrogen and oxygen atoms in total. The summed E-state index contributed by atoms with van der Waals surface area (Å²) in [5, 5.41) is 19.0. The van der Waals surface area contributed by atoms with Crippen LogP contribution < -0.4 is 0 Å². The molecule has 0 radical (unpaired) electrons. The molecule has 126 valence electrons. The van der Waals surface area contributed by atoms with E-state index in [2.05, 4.69) is 9.98 Å². The molecule has 1 aromatic carbocycles. The van der Waals surface area contributed by atoms with Gasteiger partial charge in [-0.3, -0.25) is 19.6 Å². The first kappa shape index (κ1) is 19.0. The Hall–Kier alpha value is -3.02. The largest absolute Gasteiger partial charge is 0.512 e. The summed E-state index contributed by atoms with van der Waals surface area (Å²) in [6.07, 6.45) is 2.54. The molecule has 6 heteroatoms. The number of para-hydroxylation sites is 2. The monoisotopic (exact) mass is 328 g/mol. The summed E-state index contributed by atoms with van der Waals surface area (Å²) in [4.78, 5) is 31.2. The minimum Gasteiger partial charge on any atom is -0.512 e. The number of rotatable bonds is 6. The van der Waals surface area contributed by atoms with Gasteiger partial charge in [0.15, 0.2) is 11.6 Å². The summed E-state index contributed by atoms with van der Waals surface area (Å²) in [6, 6.07) is 6.84. The zero-order valence-electron chi connectivity index (χ0n) is 14.1. The molecule has 0 amide bonds. The fraction of sp³-hybridized carbons (Fsp3) is 0.222. The van der Waals surface area contributed by atoms with Crippen molar-refractivity contribution < 1.29 is 19.8 Å². The van der Waals surface area contributed by atoms with E-state index in [0.29, 0.717) is 11.4 Å². The molecule has 0 aromatic heterocycles. The van der Waals surface area contributed by atoms with Crippen LogP contribution in [0, 0.1) is 0 Å². The zero-order chi connectivity index (χ0) is 18.3. The van der Waals surface area contributed by atoms with Gasteiger partial charge < -0.3 is 10.2 Å². The van der Waals surface area contributed by atoms with Crippen molar-refractivity contribution in [1.82, 2.24) is 0 Å². The van der Waals surface area contributed by atoms with E-state index in [1.165, 1.54) is 40.1 Å². The molecule has 1 aromatic rings. The van der Waals surface area contributed by atoms with Gasteiger partial charge in [0.05, 0.1) is 22.5 Å². The topological polar surface area (TPSA) is 99.3 Å². The van der Waals surface area contributed by atoms with E-state index in [1.807, 2.05) is 0 Å². The molecule has 0 bridgehead atoms. The molecule has 0 aliphatic carbocycles. The van der Waals surface area contributed by atoms with Gasteiger partial charge in [-0.05, 0) is 39.8 Å². The van der Waals surface area contributed by atoms with Gasteiger partial charge in [-0.2, -0.15) is 0 Å². The van der Waals surface area contributed by atoms with Gasteiger partial charge in [-0.15, -0.1) is 0 Å². The van der Waals surface area contributed by atoms with E-state index in [9.17, 15) is 19.8 Å². The zero-order valence-corrected chi connectivity index (χ0v) is 14.1. The first-order valence-corrected chi connectivity index (χ1v) is 7.22. The third-order valence-corrected chi connectivity index (χ3v) is 3.09. The molecule has 0 aliphatic rings. The summed E-state index contributed by atoms with van der Waals surface area (Å²) in [6.45, 7) is 5.47. The smallest absolute Gasteiger partial charge is 0.164 e. The summed E-state index contributed by atoms with van der Waals surface area (Å²) in [5.41, 5.74) is 1.10. The highest BCUT2D eigenvalue weighted by Gasteiger charge is 2.07. The predicted octanol–water partition coefficient (Wildman–Crippen LogP) is 3.93. The van der Waals surface area contributed by atoms with Crippen molar-refractivity contribution in [2.75, 3.05) is 0 Å². The number of allylic oxidation sites excluding steroid dienone is 4. The fourth-order valence-electron chi connectivity index (χ4n) is 1.83. The molecular weight excluding hydrogens is 308 g/mol. The van der Waals surface area contributed by atoms with Gasteiger partial charge in [0.1, 0.15) is 11.5 Å². The van der Waals surface area contributed by atoms with E-state index in [0.717, 1.165) is 0 Å². The SMILES string of the molecule is CC(=O)/C(C=Nc1ccccc1N=C/C(C(C)=O)=C(/C)O)=C(/C)O. The van der Waals surface area contributed by atoms with Gasteiger partial charge in [0.25, 0.3) is 0 Å². The van der Waals surface area contributed by atoms with Gasteiger partial charge in [0, 0.05) is 12.4 Å². The molecule has 0 saturated heterocycles. The average Bonchev–Trinajstić information content (AvgIpc) is 2.47. The van der Waals surface area contributed by atoms with Crippen LogP contribution in [0.2, 0.25) is 0 Å². The maximum atomic E-state index is 11.4. The lowest BCUT2D eigenvalue weighted by Gasteiger charge is -2.02. The van der Waals surface area contributed by atoms with Crippen molar-refractivity contribution >= 4 is 35.4 Å². The number of benzene rings is 1. The van der Waals surface area contributed by atoms with Crippen LogP contribution in [-0.2, 0) is 9.59 Å². The number of Topliss-reactive ketones (excluding diaryl/α,β-unsaturated/α-hetero) is 2. The van der Waals surface area contributed by atoms with Crippen molar-refractivity contribution in [3.05, 3.63) is 46.9 Å². The lowest BCUT2D eigenvalue weighted by Crippen LogP contribution is -2.01. The Morgan fingerprint density at radius 3 is 1.38 bits per heavy atom. The standard InChI is InChI=1S/C18H20N2O4/c1-11(21)15(12(2)22)9-19-17-7-5-6-8-18(17)20-10-16(13(3)23)14(4)24/h5-10,21,23H,1-4H3/b15-11-,16-13+,19-9?,20-10?. The molecule has 0 atom stereocenters. The summed E-state index contributed by atoms with van der Waals surface area (Å²) < 4.78 is 0. The Morgan fingerprint density at radius 2 is 1.12 bits per heavy atom. The Kier molecular flexibility index (Phi) is 6.79.